The highest BCUT2D eigenvalue weighted by atomic mass is 32.2. The molecule has 1 aromatic heterocycles. The van der Waals surface area contributed by atoms with E-state index in [2.05, 4.69) is 5.32 Å². The monoisotopic (exact) mass is 458 g/mol. The Morgan fingerprint density at radius 3 is 2.55 bits per heavy atom. The van der Waals surface area contributed by atoms with Gasteiger partial charge in [-0.05, 0) is 38.0 Å². The zero-order valence-electron chi connectivity index (χ0n) is 17.1. The minimum atomic E-state index is -3.82. The molecule has 9 heteroatoms. The van der Waals surface area contributed by atoms with Crippen molar-refractivity contribution in [3.05, 3.63) is 59.0 Å². The van der Waals surface area contributed by atoms with Crippen LogP contribution in [0.15, 0.2) is 53.4 Å². The van der Waals surface area contributed by atoms with Crippen LogP contribution in [0, 0.1) is 6.92 Å². The Hall–Kier alpha value is -2.75. The van der Waals surface area contributed by atoms with Gasteiger partial charge in [0.15, 0.2) is 0 Å². The Balaban J connectivity index is 1.66. The summed E-state index contributed by atoms with van der Waals surface area (Å²) in [5.74, 6) is -1.01. The van der Waals surface area contributed by atoms with Gasteiger partial charge in [0.05, 0.1) is 17.7 Å². The molecule has 1 fully saturated rings. The lowest BCUT2D eigenvalue weighted by Gasteiger charge is -2.23. The summed E-state index contributed by atoms with van der Waals surface area (Å²) in [5.41, 5.74) is 1.31. The Kier molecular flexibility index (Phi) is 5.83. The Labute approximate surface area is 184 Å². The van der Waals surface area contributed by atoms with Gasteiger partial charge in [0.2, 0.25) is 15.9 Å². The number of fused-ring (bicyclic) bond motifs is 1. The van der Waals surface area contributed by atoms with Crippen LogP contribution < -0.4 is 5.32 Å². The predicted molar refractivity (Wildman–Crippen MR) is 120 cm³/mol. The molecule has 0 aliphatic carbocycles. The molecule has 0 radical (unpaired) electrons. The van der Waals surface area contributed by atoms with E-state index in [1.807, 2.05) is 31.2 Å². The lowest BCUT2D eigenvalue weighted by Crippen LogP contribution is -2.43. The number of thiophene rings is 1. The van der Waals surface area contributed by atoms with E-state index in [4.69, 9.17) is 4.74 Å². The fraction of sp³-hybridized carbons (Fsp3) is 0.273. The highest BCUT2D eigenvalue weighted by Crippen LogP contribution is 2.37. The second kappa shape index (κ2) is 8.41. The number of methoxy groups -OCH3 is 1. The normalized spacial score (nSPS) is 17.0. The number of hydrogen-bond acceptors (Lipinski definition) is 6. The number of esters is 1. The Morgan fingerprint density at radius 1 is 1.13 bits per heavy atom. The van der Waals surface area contributed by atoms with Crippen molar-refractivity contribution < 1.29 is 22.7 Å². The lowest BCUT2D eigenvalue weighted by atomic mass is 10.2. The standard InChI is InChI=1S/C22H22N2O5S2/c1-14-9-11-15(12-10-14)31(27,28)24-13-5-7-17(24)21(25)23-19-16-6-3-4-8-18(16)30-20(19)22(26)29-2/h3-4,6,8-12,17H,5,7,13H2,1-2H3,(H,23,25). The van der Waals surface area contributed by atoms with Crippen molar-refractivity contribution >= 4 is 49.0 Å². The molecule has 0 saturated carbocycles. The van der Waals surface area contributed by atoms with Crippen LogP contribution >= 0.6 is 11.3 Å². The van der Waals surface area contributed by atoms with E-state index < -0.39 is 27.9 Å². The molecule has 1 N–H and O–H groups in total. The molecule has 1 unspecified atom stereocenters. The minimum absolute atomic E-state index is 0.161. The summed E-state index contributed by atoms with van der Waals surface area (Å²) in [4.78, 5) is 25.9. The summed E-state index contributed by atoms with van der Waals surface area (Å²) < 4.78 is 33.3. The summed E-state index contributed by atoms with van der Waals surface area (Å²) in [6.07, 6.45) is 0.990. The van der Waals surface area contributed by atoms with Gasteiger partial charge in [0.1, 0.15) is 10.9 Å². The van der Waals surface area contributed by atoms with Crippen molar-refractivity contribution in [2.24, 2.45) is 0 Å². The number of aryl methyl sites for hydroxylation is 1. The lowest BCUT2D eigenvalue weighted by molar-refractivity contribution is -0.119. The van der Waals surface area contributed by atoms with Crippen molar-refractivity contribution in [2.45, 2.75) is 30.7 Å². The number of benzene rings is 2. The number of rotatable bonds is 5. The molecule has 31 heavy (non-hydrogen) atoms. The quantitative estimate of drug-likeness (QED) is 0.587. The number of nitrogens with zero attached hydrogens (tertiary/aromatic N) is 1. The van der Waals surface area contributed by atoms with Crippen molar-refractivity contribution in [1.82, 2.24) is 4.31 Å². The van der Waals surface area contributed by atoms with E-state index in [-0.39, 0.29) is 16.3 Å². The zero-order valence-corrected chi connectivity index (χ0v) is 18.8. The number of anilines is 1. The summed E-state index contributed by atoms with van der Waals surface area (Å²) in [6.45, 7) is 2.15. The fourth-order valence-corrected chi connectivity index (χ4v) is 6.48. The molecule has 2 heterocycles. The molecule has 1 aliphatic rings. The van der Waals surface area contributed by atoms with Gasteiger partial charge in [-0.15, -0.1) is 11.3 Å². The third kappa shape index (κ3) is 3.96. The molecule has 1 atom stereocenters. The van der Waals surface area contributed by atoms with Gasteiger partial charge in [-0.1, -0.05) is 35.9 Å². The summed E-state index contributed by atoms with van der Waals surface area (Å²) in [5, 5.41) is 3.53. The third-order valence-corrected chi connectivity index (χ3v) is 8.42. The largest absolute Gasteiger partial charge is 0.465 e. The van der Waals surface area contributed by atoms with Crippen LogP contribution in [0.5, 0.6) is 0 Å². The average molecular weight is 459 g/mol. The summed E-state index contributed by atoms with van der Waals surface area (Å²) in [6, 6.07) is 13.1. The first-order chi connectivity index (χ1) is 14.8. The molecule has 3 aromatic rings. The van der Waals surface area contributed by atoms with Gasteiger partial charge in [-0.25, -0.2) is 13.2 Å². The Morgan fingerprint density at radius 2 is 1.84 bits per heavy atom. The van der Waals surface area contributed by atoms with Gasteiger partial charge in [0, 0.05) is 16.6 Å². The van der Waals surface area contributed by atoms with Crippen LogP contribution in [0.3, 0.4) is 0 Å². The number of nitrogens with one attached hydrogen (secondary N) is 1. The molecular formula is C22H22N2O5S2. The maximum Gasteiger partial charge on any atom is 0.350 e. The highest BCUT2D eigenvalue weighted by Gasteiger charge is 2.40. The molecule has 1 saturated heterocycles. The van der Waals surface area contributed by atoms with Crippen LogP contribution in [0.25, 0.3) is 10.1 Å². The van der Waals surface area contributed by atoms with E-state index in [0.717, 1.165) is 10.3 Å². The first kappa shape index (κ1) is 21.5. The number of ether oxygens (including phenoxy) is 1. The molecule has 7 nitrogen and oxygen atoms in total. The molecule has 1 aliphatic heterocycles. The first-order valence-electron chi connectivity index (χ1n) is 9.82. The summed E-state index contributed by atoms with van der Waals surface area (Å²) >= 11 is 1.22. The van der Waals surface area contributed by atoms with E-state index in [0.29, 0.717) is 23.9 Å². The molecule has 2 aromatic carbocycles. The van der Waals surface area contributed by atoms with Crippen molar-refractivity contribution in [2.75, 3.05) is 19.0 Å². The fourth-order valence-electron chi connectivity index (χ4n) is 3.75. The van der Waals surface area contributed by atoms with Gasteiger partial charge in [-0.2, -0.15) is 4.31 Å². The van der Waals surface area contributed by atoms with E-state index >= 15 is 0 Å². The molecule has 4 rings (SSSR count). The van der Waals surface area contributed by atoms with Gasteiger partial charge >= 0.3 is 5.97 Å². The third-order valence-electron chi connectivity index (χ3n) is 5.35. The second-order valence-corrected chi connectivity index (χ2v) is 10.3. The number of hydrogen-bond donors (Lipinski definition) is 1. The van der Waals surface area contributed by atoms with Crippen molar-refractivity contribution in [3.8, 4) is 0 Å². The second-order valence-electron chi connectivity index (χ2n) is 7.37. The van der Waals surface area contributed by atoms with Crippen LogP contribution in [-0.2, 0) is 19.6 Å². The molecule has 0 spiro atoms. The van der Waals surface area contributed by atoms with Crippen LogP contribution in [0.4, 0.5) is 5.69 Å². The minimum Gasteiger partial charge on any atom is -0.465 e. The zero-order chi connectivity index (χ0) is 22.2. The Bertz CT molecular complexity index is 1250. The average Bonchev–Trinajstić information content (AvgIpc) is 3.40. The molecule has 0 bridgehead atoms. The van der Waals surface area contributed by atoms with E-state index in [9.17, 15) is 18.0 Å². The molecule has 162 valence electrons. The van der Waals surface area contributed by atoms with E-state index in [1.165, 1.54) is 22.8 Å². The van der Waals surface area contributed by atoms with Crippen molar-refractivity contribution in [1.29, 1.82) is 0 Å². The molecular weight excluding hydrogens is 436 g/mol. The SMILES string of the molecule is COC(=O)c1sc2ccccc2c1NC(=O)C1CCCN1S(=O)(=O)c1ccc(C)cc1. The van der Waals surface area contributed by atoms with Crippen LogP contribution in [0.1, 0.15) is 28.1 Å². The van der Waals surface area contributed by atoms with E-state index in [1.54, 1.807) is 24.3 Å². The highest BCUT2D eigenvalue weighted by molar-refractivity contribution is 7.89. The van der Waals surface area contributed by atoms with Gasteiger partial charge < -0.3 is 10.1 Å². The summed E-state index contributed by atoms with van der Waals surface area (Å²) in [7, 11) is -2.54. The maximum absolute atomic E-state index is 13.2. The number of carbonyl (C=O) groups excluding carboxylic acids is 2. The maximum atomic E-state index is 13.2. The number of sulfonamides is 1. The first-order valence-corrected chi connectivity index (χ1v) is 12.1. The van der Waals surface area contributed by atoms with Crippen molar-refractivity contribution in [3.63, 3.8) is 0 Å². The van der Waals surface area contributed by atoms with Gasteiger partial charge in [-0.3, -0.25) is 4.79 Å². The van der Waals surface area contributed by atoms with Crippen LogP contribution in [0.2, 0.25) is 0 Å². The van der Waals surface area contributed by atoms with Gasteiger partial charge in [0.25, 0.3) is 0 Å². The topological polar surface area (TPSA) is 92.8 Å². The smallest absolute Gasteiger partial charge is 0.350 e. The predicted octanol–water partition coefficient (Wildman–Crippen LogP) is 3.79. The number of carbonyl (C=O) groups is 2. The molecule has 1 amide bonds. The van der Waals surface area contributed by atoms with Crippen LogP contribution in [-0.4, -0.2) is 44.3 Å². The number of amides is 1.